The van der Waals surface area contributed by atoms with Crippen LogP contribution in [0.5, 0.6) is 11.5 Å². The molecule has 0 amide bonds. The first-order chi connectivity index (χ1) is 17.7. The third-order valence-corrected chi connectivity index (χ3v) is 7.46. The number of hydrogen-bond acceptors (Lipinski definition) is 7. The average Bonchev–Trinajstić information content (AvgIpc) is 2.88. The maximum absolute atomic E-state index is 12.5. The number of phenolic OH excluding ortho intramolecular Hbond substituents is 1. The SMILES string of the molecule is CCN(CC)c1ccc(-c2ccc3cc(OC(C)COS(=O)(=O)c4ccc(C)cc4O)ccc3n2)cc1. The number of rotatable bonds is 10. The Kier molecular flexibility index (Phi) is 8.00. The van der Waals surface area contributed by atoms with Gasteiger partial charge in [0.2, 0.25) is 0 Å². The summed E-state index contributed by atoms with van der Waals surface area (Å²) in [4.78, 5) is 6.84. The summed E-state index contributed by atoms with van der Waals surface area (Å²) in [5.74, 6) is 0.243. The van der Waals surface area contributed by atoms with Crippen LogP contribution in [-0.2, 0) is 14.3 Å². The molecule has 8 heteroatoms. The molecule has 1 atom stereocenters. The van der Waals surface area contributed by atoms with Crippen LogP contribution in [0.4, 0.5) is 5.69 Å². The normalized spacial score (nSPS) is 12.4. The molecule has 1 N–H and O–H groups in total. The fourth-order valence-electron chi connectivity index (χ4n) is 4.12. The summed E-state index contributed by atoms with van der Waals surface area (Å²) >= 11 is 0. The standard InChI is InChI=1S/C29H32N2O5S/c1-5-31(6-2)24-11-8-22(9-12-24)26-14-10-23-18-25(13-15-27(23)30-26)36-21(4)19-35-37(33,34)29-16-7-20(3)17-28(29)32/h7-18,21,32H,5-6,19H2,1-4H3. The Morgan fingerprint density at radius 2 is 1.68 bits per heavy atom. The number of aryl methyl sites for hydroxylation is 1. The Hall–Kier alpha value is -3.62. The Bertz CT molecular complexity index is 1480. The van der Waals surface area contributed by atoms with Gasteiger partial charge in [-0.1, -0.05) is 24.3 Å². The van der Waals surface area contributed by atoms with Crippen molar-refractivity contribution in [3.8, 4) is 22.8 Å². The molecular weight excluding hydrogens is 488 g/mol. The third-order valence-electron chi connectivity index (χ3n) is 6.13. The van der Waals surface area contributed by atoms with Gasteiger partial charge in [0.25, 0.3) is 0 Å². The van der Waals surface area contributed by atoms with Crippen molar-refractivity contribution in [2.24, 2.45) is 0 Å². The molecule has 0 saturated carbocycles. The van der Waals surface area contributed by atoms with E-state index in [4.69, 9.17) is 13.9 Å². The van der Waals surface area contributed by atoms with Crippen molar-refractivity contribution in [2.45, 2.75) is 38.7 Å². The Balaban J connectivity index is 1.42. The van der Waals surface area contributed by atoms with Crippen LogP contribution in [0.1, 0.15) is 26.3 Å². The highest BCUT2D eigenvalue weighted by Crippen LogP contribution is 2.28. The fraction of sp³-hybridized carbons (Fsp3) is 0.276. The van der Waals surface area contributed by atoms with Gasteiger partial charge in [0, 0.05) is 29.7 Å². The third kappa shape index (κ3) is 6.21. The van der Waals surface area contributed by atoms with Crippen molar-refractivity contribution < 1.29 is 22.4 Å². The van der Waals surface area contributed by atoms with E-state index >= 15 is 0 Å². The Morgan fingerprint density at radius 3 is 2.35 bits per heavy atom. The molecule has 194 valence electrons. The van der Waals surface area contributed by atoms with Gasteiger partial charge in [-0.05, 0) is 81.8 Å². The second kappa shape index (κ2) is 11.2. The molecule has 1 aromatic heterocycles. The van der Waals surface area contributed by atoms with Crippen molar-refractivity contribution in [2.75, 3.05) is 24.6 Å². The second-order valence-corrected chi connectivity index (χ2v) is 10.5. The molecule has 0 bridgehead atoms. The van der Waals surface area contributed by atoms with Crippen LogP contribution >= 0.6 is 0 Å². The molecule has 3 aromatic carbocycles. The molecule has 0 radical (unpaired) electrons. The minimum absolute atomic E-state index is 0.200. The largest absolute Gasteiger partial charge is 0.506 e. The number of aromatic nitrogens is 1. The van der Waals surface area contributed by atoms with E-state index in [9.17, 15) is 13.5 Å². The molecule has 0 saturated heterocycles. The van der Waals surface area contributed by atoms with Gasteiger partial charge in [-0.2, -0.15) is 8.42 Å². The van der Waals surface area contributed by atoms with E-state index in [2.05, 4.69) is 43.0 Å². The Morgan fingerprint density at radius 1 is 0.946 bits per heavy atom. The van der Waals surface area contributed by atoms with Gasteiger partial charge in [-0.3, -0.25) is 4.18 Å². The molecule has 0 aliphatic rings. The van der Waals surface area contributed by atoms with Gasteiger partial charge in [0.15, 0.2) is 0 Å². The van der Waals surface area contributed by atoms with E-state index in [0.717, 1.165) is 40.8 Å². The van der Waals surface area contributed by atoms with E-state index in [1.807, 2.05) is 24.3 Å². The zero-order valence-electron chi connectivity index (χ0n) is 21.5. The number of benzene rings is 3. The van der Waals surface area contributed by atoms with Crippen molar-refractivity contribution in [1.82, 2.24) is 4.98 Å². The van der Waals surface area contributed by atoms with E-state index in [1.165, 1.54) is 17.8 Å². The number of hydrogen-bond donors (Lipinski definition) is 1. The lowest BCUT2D eigenvalue weighted by Crippen LogP contribution is -2.22. The predicted octanol–water partition coefficient (Wildman–Crippen LogP) is 5.93. The summed E-state index contributed by atoms with van der Waals surface area (Å²) in [7, 11) is -4.11. The second-order valence-electron chi connectivity index (χ2n) is 8.91. The topological polar surface area (TPSA) is 89.0 Å². The van der Waals surface area contributed by atoms with Crippen molar-refractivity contribution in [1.29, 1.82) is 0 Å². The lowest BCUT2D eigenvalue weighted by atomic mass is 10.1. The monoisotopic (exact) mass is 520 g/mol. The van der Waals surface area contributed by atoms with Gasteiger partial charge >= 0.3 is 10.1 Å². The maximum atomic E-state index is 12.5. The van der Waals surface area contributed by atoms with Crippen LogP contribution in [0, 0.1) is 6.92 Å². The zero-order chi connectivity index (χ0) is 26.6. The van der Waals surface area contributed by atoms with Gasteiger partial charge in [0.05, 0.1) is 11.2 Å². The highest BCUT2D eigenvalue weighted by molar-refractivity contribution is 7.86. The van der Waals surface area contributed by atoms with Crippen molar-refractivity contribution in [3.63, 3.8) is 0 Å². The summed E-state index contributed by atoms with van der Waals surface area (Å²) in [6, 6.07) is 22.3. The number of aromatic hydroxyl groups is 1. The molecule has 0 aliphatic carbocycles. The average molecular weight is 521 g/mol. The number of fused-ring (bicyclic) bond motifs is 1. The smallest absolute Gasteiger partial charge is 0.300 e. The van der Waals surface area contributed by atoms with Gasteiger partial charge < -0.3 is 14.7 Å². The molecule has 1 heterocycles. The minimum atomic E-state index is -4.11. The van der Waals surface area contributed by atoms with Gasteiger partial charge in [-0.15, -0.1) is 0 Å². The van der Waals surface area contributed by atoms with Crippen LogP contribution < -0.4 is 9.64 Å². The number of ether oxygens (including phenoxy) is 1. The van der Waals surface area contributed by atoms with Crippen LogP contribution in [0.2, 0.25) is 0 Å². The molecule has 0 fully saturated rings. The molecule has 4 aromatic rings. The highest BCUT2D eigenvalue weighted by atomic mass is 32.2. The molecule has 0 aliphatic heterocycles. The quantitative estimate of drug-likeness (QED) is 0.259. The lowest BCUT2D eigenvalue weighted by molar-refractivity contribution is 0.146. The van der Waals surface area contributed by atoms with Crippen LogP contribution in [0.25, 0.3) is 22.2 Å². The number of anilines is 1. The number of pyridine rings is 1. The van der Waals surface area contributed by atoms with Crippen LogP contribution in [-0.4, -0.2) is 44.3 Å². The first-order valence-electron chi connectivity index (χ1n) is 12.3. The highest BCUT2D eigenvalue weighted by Gasteiger charge is 2.21. The van der Waals surface area contributed by atoms with Crippen LogP contribution in [0.15, 0.2) is 77.7 Å². The maximum Gasteiger partial charge on any atom is 0.300 e. The van der Waals surface area contributed by atoms with E-state index in [-0.39, 0.29) is 17.3 Å². The summed E-state index contributed by atoms with van der Waals surface area (Å²) in [5.41, 5.74) is 4.71. The summed E-state index contributed by atoms with van der Waals surface area (Å²) in [6.45, 7) is 9.50. The fourth-order valence-corrected chi connectivity index (χ4v) is 5.17. The summed E-state index contributed by atoms with van der Waals surface area (Å²) < 4.78 is 36.0. The summed E-state index contributed by atoms with van der Waals surface area (Å²) in [6.07, 6.45) is -0.545. The van der Waals surface area contributed by atoms with E-state index in [1.54, 1.807) is 26.0 Å². The lowest BCUT2D eigenvalue weighted by Gasteiger charge is -2.21. The molecule has 1 unspecified atom stereocenters. The molecular formula is C29H32N2O5S. The summed E-state index contributed by atoms with van der Waals surface area (Å²) in [5, 5.41) is 10.9. The molecule has 0 spiro atoms. The number of phenols is 1. The van der Waals surface area contributed by atoms with E-state index < -0.39 is 16.2 Å². The molecule has 7 nitrogen and oxygen atoms in total. The zero-order valence-corrected chi connectivity index (χ0v) is 22.3. The first kappa shape index (κ1) is 26.4. The van der Waals surface area contributed by atoms with Gasteiger partial charge in [-0.25, -0.2) is 4.98 Å². The molecule has 37 heavy (non-hydrogen) atoms. The van der Waals surface area contributed by atoms with Crippen molar-refractivity contribution in [3.05, 3.63) is 78.4 Å². The van der Waals surface area contributed by atoms with E-state index in [0.29, 0.717) is 5.75 Å². The number of nitrogens with zero attached hydrogens (tertiary/aromatic N) is 2. The van der Waals surface area contributed by atoms with Crippen LogP contribution in [0.3, 0.4) is 0 Å². The molecule has 4 rings (SSSR count). The Labute approximate surface area is 218 Å². The van der Waals surface area contributed by atoms with Gasteiger partial charge in [0.1, 0.15) is 29.1 Å². The first-order valence-corrected chi connectivity index (χ1v) is 13.7. The van der Waals surface area contributed by atoms with Crippen molar-refractivity contribution >= 4 is 26.7 Å². The predicted molar refractivity (Wildman–Crippen MR) is 147 cm³/mol. The minimum Gasteiger partial charge on any atom is -0.506 e.